The van der Waals surface area contributed by atoms with Gasteiger partial charge in [-0.25, -0.2) is 9.97 Å². The largest absolute Gasteiger partial charge is 0.395 e. The zero-order valence-corrected chi connectivity index (χ0v) is 14.3. The third-order valence-electron chi connectivity index (χ3n) is 3.67. The number of anilines is 2. The lowest BCUT2D eigenvalue weighted by atomic mass is 10.2. The molecule has 0 radical (unpaired) electrons. The van der Waals surface area contributed by atoms with E-state index in [-0.39, 0.29) is 6.61 Å². The van der Waals surface area contributed by atoms with Gasteiger partial charge in [0.1, 0.15) is 10.8 Å². The second kappa shape index (κ2) is 7.90. The third-order valence-corrected chi connectivity index (χ3v) is 4.51. The van der Waals surface area contributed by atoms with Crippen LogP contribution in [-0.4, -0.2) is 35.3 Å². The number of hydrogen-bond donors (Lipinski definition) is 2. The SMILES string of the molecule is CN(CCO)c1ccc(NCc2nc(-c3ccccc3)cs2)nc1. The molecule has 24 heavy (non-hydrogen) atoms. The molecule has 124 valence electrons. The van der Waals surface area contributed by atoms with Crippen LogP contribution in [0.3, 0.4) is 0 Å². The predicted octanol–water partition coefficient (Wildman–Crippen LogP) is 3.25. The van der Waals surface area contributed by atoms with Gasteiger partial charge in [-0.15, -0.1) is 11.3 Å². The van der Waals surface area contributed by atoms with Gasteiger partial charge in [0, 0.05) is 24.5 Å². The minimum Gasteiger partial charge on any atom is -0.395 e. The molecule has 1 aromatic carbocycles. The summed E-state index contributed by atoms with van der Waals surface area (Å²) >= 11 is 1.64. The van der Waals surface area contributed by atoms with Crippen molar-refractivity contribution in [3.63, 3.8) is 0 Å². The Labute approximate surface area is 145 Å². The van der Waals surface area contributed by atoms with Crippen molar-refractivity contribution in [2.24, 2.45) is 0 Å². The maximum Gasteiger partial charge on any atom is 0.126 e. The molecule has 2 heterocycles. The number of hydrogen-bond acceptors (Lipinski definition) is 6. The van der Waals surface area contributed by atoms with Crippen molar-refractivity contribution in [3.05, 3.63) is 59.0 Å². The molecule has 0 aliphatic rings. The van der Waals surface area contributed by atoms with Crippen LogP contribution in [0.4, 0.5) is 11.5 Å². The Morgan fingerprint density at radius 3 is 2.71 bits per heavy atom. The normalized spacial score (nSPS) is 10.6. The van der Waals surface area contributed by atoms with Crippen LogP contribution in [0.25, 0.3) is 11.3 Å². The van der Waals surface area contributed by atoms with Crippen molar-refractivity contribution in [1.82, 2.24) is 9.97 Å². The van der Waals surface area contributed by atoms with E-state index in [0.29, 0.717) is 13.1 Å². The molecule has 0 atom stereocenters. The van der Waals surface area contributed by atoms with Crippen molar-refractivity contribution in [1.29, 1.82) is 0 Å². The molecule has 0 saturated carbocycles. The molecule has 0 spiro atoms. The second-order valence-electron chi connectivity index (χ2n) is 5.39. The van der Waals surface area contributed by atoms with E-state index < -0.39 is 0 Å². The average molecular weight is 340 g/mol. The van der Waals surface area contributed by atoms with Crippen LogP contribution in [0, 0.1) is 0 Å². The predicted molar refractivity (Wildman–Crippen MR) is 99.5 cm³/mol. The standard InChI is InChI=1S/C18H20N4OS/c1-22(9-10-23)15-7-8-17(19-11-15)20-12-18-21-16(13-24-18)14-5-3-2-4-6-14/h2-8,11,13,23H,9-10,12H2,1H3,(H,19,20). The van der Waals surface area contributed by atoms with Gasteiger partial charge in [-0.05, 0) is 12.1 Å². The van der Waals surface area contributed by atoms with Gasteiger partial charge in [0.15, 0.2) is 0 Å². The maximum atomic E-state index is 8.97. The van der Waals surface area contributed by atoms with E-state index in [1.54, 1.807) is 17.5 Å². The Bertz CT molecular complexity index is 758. The molecule has 0 bridgehead atoms. The quantitative estimate of drug-likeness (QED) is 0.691. The summed E-state index contributed by atoms with van der Waals surface area (Å²) < 4.78 is 0. The average Bonchev–Trinajstić information content (AvgIpc) is 3.10. The number of nitrogens with zero attached hydrogens (tertiary/aromatic N) is 3. The highest BCUT2D eigenvalue weighted by molar-refractivity contribution is 7.09. The van der Waals surface area contributed by atoms with Gasteiger partial charge < -0.3 is 15.3 Å². The van der Waals surface area contributed by atoms with Crippen molar-refractivity contribution in [2.75, 3.05) is 30.4 Å². The molecule has 2 aromatic heterocycles. The summed E-state index contributed by atoms with van der Waals surface area (Å²) in [6, 6.07) is 14.1. The fourth-order valence-corrected chi connectivity index (χ4v) is 3.04. The number of likely N-dealkylation sites (N-methyl/N-ethyl adjacent to an activating group) is 1. The van der Waals surface area contributed by atoms with Crippen molar-refractivity contribution in [2.45, 2.75) is 6.54 Å². The van der Waals surface area contributed by atoms with Crippen LogP contribution in [0.5, 0.6) is 0 Å². The number of aromatic nitrogens is 2. The summed E-state index contributed by atoms with van der Waals surface area (Å²) in [6.45, 7) is 1.37. The Kier molecular flexibility index (Phi) is 5.40. The summed E-state index contributed by atoms with van der Waals surface area (Å²) in [4.78, 5) is 11.0. The second-order valence-corrected chi connectivity index (χ2v) is 6.34. The van der Waals surface area contributed by atoms with E-state index in [2.05, 4.69) is 32.8 Å². The summed E-state index contributed by atoms with van der Waals surface area (Å²) in [7, 11) is 1.93. The number of rotatable bonds is 7. The highest BCUT2D eigenvalue weighted by Crippen LogP contribution is 2.22. The molecule has 0 amide bonds. The fourth-order valence-electron chi connectivity index (χ4n) is 2.30. The summed E-state index contributed by atoms with van der Waals surface area (Å²) in [5, 5.41) is 15.4. The molecule has 2 N–H and O–H groups in total. The van der Waals surface area contributed by atoms with Crippen LogP contribution >= 0.6 is 11.3 Å². The Morgan fingerprint density at radius 1 is 1.17 bits per heavy atom. The van der Waals surface area contributed by atoms with E-state index in [9.17, 15) is 0 Å². The Morgan fingerprint density at radius 2 is 2.00 bits per heavy atom. The molecule has 3 aromatic rings. The molecule has 0 aliphatic carbocycles. The number of benzene rings is 1. The molecule has 6 heteroatoms. The molecule has 0 fully saturated rings. The first kappa shape index (κ1) is 16.4. The monoisotopic (exact) mass is 340 g/mol. The Balaban J connectivity index is 1.59. The number of nitrogens with one attached hydrogen (secondary N) is 1. The van der Waals surface area contributed by atoms with Crippen LogP contribution in [0.15, 0.2) is 54.0 Å². The zero-order valence-electron chi connectivity index (χ0n) is 13.5. The first-order valence-corrected chi connectivity index (χ1v) is 8.66. The zero-order chi connectivity index (χ0) is 16.8. The lowest BCUT2D eigenvalue weighted by Gasteiger charge is -2.17. The molecule has 3 rings (SSSR count). The smallest absolute Gasteiger partial charge is 0.126 e. The Hall–Kier alpha value is -2.44. The van der Waals surface area contributed by atoms with Crippen molar-refractivity contribution < 1.29 is 5.11 Å². The topological polar surface area (TPSA) is 61.3 Å². The van der Waals surface area contributed by atoms with Crippen LogP contribution in [-0.2, 0) is 6.54 Å². The molecule has 0 aliphatic heterocycles. The molecular formula is C18H20N4OS. The molecule has 0 saturated heterocycles. The van der Waals surface area contributed by atoms with Crippen LogP contribution in [0.1, 0.15) is 5.01 Å². The van der Waals surface area contributed by atoms with Crippen LogP contribution in [0.2, 0.25) is 0 Å². The van der Waals surface area contributed by atoms with Gasteiger partial charge in [-0.2, -0.15) is 0 Å². The lowest BCUT2D eigenvalue weighted by molar-refractivity contribution is 0.304. The third kappa shape index (κ3) is 4.10. The van der Waals surface area contributed by atoms with Gasteiger partial charge in [0.25, 0.3) is 0 Å². The molecule has 0 unspecified atom stereocenters. The molecular weight excluding hydrogens is 320 g/mol. The minimum atomic E-state index is 0.129. The van der Waals surface area contributed by atoms with E-state index in [1.165, 1.54) is 0 Å². The first-order chi connectivity index (χ1) is 11.8. The van der Waals surface area contributed by atoms with Crippen LogP contribution < -0.4 is 10.2 Å². The van der Waals surface area contributed by atoms with Gasteiger partial charge >= 0.3 is 0 Å². The summed E-state index contributed by atoms with van der Waals surface area (Å²) in [5.74, 6) is 0.813. The van der Waals surface area contributed by atoms with E-state index in [0.717, 1.165) is 27.8 Å². The maximum absolute atomic E-state index is 8.97. The number of thiazole rings is 1. The molecule has 5 nitrogen and oxygen atoms in total. The van der Waals surface area contributed by atoms with E-state index >= 15 is 0 Å². The fraction of sp³-hybridized carbons (Fsp3) is 0.222. The first-order valence-electron chi connectivity index (χ1n) is 7.78. The summed E-state index contributed by atoms with van der Waals surface area (Å²) in [5.41, 5.74) is 3.12. The lowest BCUT2D eigenvalue weighted by Crippen LogP contribution is -2.21. The van der Waals surface area contributed by atoms with Crippen molar-refractivity contribution >= 4 is 22.8 Å². The van der Waals surface area contributed by atoms with Gasteiger partial charge in [-0.1, -0.05) is 30.3 Å². The minimum absolute atomic E-state index is 0.129. The number of aliphatic hydroxyl groups excluding tert-OH is 1. The van der Waals surface area contributed by atoms with Crippen molar-refractivity contribution in [3.8, 4) is 11.3 Å². The van der Waals surface area contributed by atoms with E-state index in [4.69, 9.17) is 5.11 Å². The van der Waals surface area contributed by atoms with Gasteiger partial charge in [0.05, 0.1) is 30.7 Å². The van der Waals surface area contributed by atoms with E-state index in [1.807, 2.05) is 42.3 Å². The number of pyridine rings is 1. The highest BCUT2D eigenvalue weighted by Gasteiger charge is 2.05. The summed E-state index contributed by atoms with van der Waals surface area (Å²) in [6.07, 6.45) is 1.80. The van der Waals surface area contributed by atoms with Gasteiger partial charge in [0.2, 0.25) is 0 Å². The highest BCUT2D eigenvalue weighted by atomic mass is 32.1. The van der Waals surface area contributed by atoms with Gasteiger partial charge in [-0.3, -0.25) is 0 Å². The number of aliphatic hydroxyl groups is 1.